The highest BCUT2D eigenvalue weighted by molar-refractivity contribution is 7.89. The number of nitrogens with one attached hydrogen (secondary N) is 2. The Morgan fingerprint density at radius 1 is 1.35 bits per heavy atom. The normalized spacial score (nSPS) is 11.4. The van der Waals surface area contributed by atoms with Crippen LogP contribution in [0.15, 0.2) is 42.1 Å². The molecule has 0 radical (unpaired) electrons. The summed E-state index contributed by atoms with van der Waals surface area (Å²) in [5.41, 5.74) is 0.505. The van der Waals surface area contributed by atoms with Crippen LogP contribution in [0.3, 0.4) is 0 Å². The van der Waals surface area contributed by atoms with Crippen molar-refractivity contribution >= 4 is 15.7 Å². The third kappa shape index (κ3) is 3.55. The van der Waals surface area contributed by atoms with Crippen LogP contribution in [0.2, 0.25) is 0 Å². The smallest absolute Gasteiger partial charge is 0.260 e. The predicted octanol–water partition coefficient (Wildman–Crippen LogP) is 0.688. The van der Waals surface area contributed by atoms with Gasteiger partial charge in [-0.15, -0.1) is 0 Å². The number of imidazole rings is 1. The van der Waals surface area contributed by atoms with Crippen molar-refractivity contribution in [2.75, 3.05) is 18.4 Å². The monoisotopic (exact) mass is 295 g/mol. The average Bonchev–Trinajstić information content (AvgIpc) is 2.92. The minimum atomic E-state index is -3.62. The van der Waals surface area contributed by atoms with Crippen molar-refractivity contribution in [1.82, 2.24) is 19.3 Å². The topological polar surface area (TPSA) is 88.9 Å². The summed E-state index contributed by atoms with van der Waals surface area (Å²) in [5.74, 6) is 0. The molecule has 2 N–H and O–H groups in total. The molecule has 0 bridgehead atoms. The summed E-state index contributed by atoms with van der Waals surface area (Å²) in [6.07, 6.45) is 6.53. The quantitative estimate of drug-likeness (QED) is 0.784. The molecule has 7 nitrogen and oxygen atoms in total. The van der Waals surface area contributed by atoms with Crippen LogP contribution in [0.25, 0.3) is 0 Å². The van der Waals surface area contributed by atoms with E-state index in [1.807, 2.05) is 6.92 Å². The van der Waals surface area contributed by atoms with E-state index in [-0.39, 0.29) is 11.6 Å². The SMILES string of the molecule is CCNc1cccnc1S(=O)(=O)NCCn1ccnc1. The molecule has 0 aliphatic rings. The van der Waals surface area contributed by atoms with E-state index >= 15 is 0 Å². The number of pyridine rings is 1. The lowest BCUT2D eigenvalue weighted by atomic mass is 10.4. The number of sulfonamides is 1. The fourth-order valence-electron chi connectivity index (χ4n) is 1.73. The molecule has 2 rings (SSSR count). The van der Waals surface area contributed by atoms with Crippen molar-refractivity contribution in [3.8, 4) is 0 Å². The van der Waals surface area contributed by atoms with Gasteiger partial charge in [0.1, 0.15) is 0 Å². The molecule has 2 aromatic heterocycles. The van der Waals surface area contributed by atoms with Gasteiger partial charge in [0.25, 0.3) is 10.0 Å². The highest BCUT2D eigenvalue weighted by atomic mass is 32.2. The molecule has 20 heavy (non-hydrogen) atoms. The molecule has 0 aliphatic heterocycles. The maximum atomic E-state index is 12.2. The number of nitrogens with zero attached hydrogens (tertiary/aromatic N) is 3. The van der Waals surface area contributed by atoms with E-state index in [9.17, 15) is 8.42 Å². The molecule has 0 saturated heterocycles. The Balaban J connectivity index is 2.06. The second-order valence-electron chi connectivity index (χ2n) is 4.08. The van der Waals surface area contributed by atoms with E-state index in [0.717, 1.165) is 0 Å². The summed E-state index contributed by atoms with van der Waals surface area (Å²) in [6.45, 7) is 3.32. The first kappa shape index (κ1) is 14.5. The van der Waals surface area contributed by atoms with Crippen LogP contribution in [0.4, 0.5) is 5.69 Å². The highest BCUT2D eigenvalue weighted by Gasteiger charge is 2.19. The molecule has 2 heterocycles. The lowest BCUT2D eigenvalue weighted by Crippen LogP contribution is -2.28. The zero-order chi connectivity index (χ0) is 14.4. The van der Waals surface area contributed by atoms with E-state index < -0.39 is 10.0 Å². The van der Waals surface area contributed by atoms with Gasteiger partial charge in [-0.2, -0.15) is 0 Å². The van der Waals surface area contributed by atoms with E-state index in [0.29, 0.717) is 18.8 Å². The number of hydrogen-bond acceptors (Lipinski definition) is 5. The molecular formula is C12H17N5O2S. The van der Waals surface area contributed by atoms with E-state index in [2.05, 4.69) is 20.0 Å². The van der Waals surface area contributed by atoms with Gasteiger partial charge in [-0.1, -0.05) is 0 Å². The fourth-order valence-corrected chi connectivity index (χ4v) is 2.85. The maximum absolute atomic E-state index is 12.2. The zero-order valence-corrected chi connectivity index (χ0v) is 12.0. The Morgan fingerprint density at radius 3 is 2.90 bits per heavy atom. The van der Waals surface area contributed by atoms with E-state index in [4.69, 9.17) is 0 Å². The molecule has 0 saturated carbocycles. The molecule has 0 fully saturated rings. The van der Waals surface area contributed by atoms with E-state index in [1.54, 1.807) is 35.4 Å². The van der Waals surface area contributed by atoms with Crippen molar-refractivity contribution in [3.63, 3.8) is 0 Å². The van der Waals surface area contributed by atoms with Gasteiger partial charge in [-0.25, -0.2) is 23.1 Å². The van der Waals surface area contributed by atoms with Crippen LogP contribution < -0.4 is 10.0 Å². The van der Waals surface area contributed by atoms with Gasteiger partial charge in [0, 0.05) is 38.2 Å². The number of aromatic nitrogens is 3. The van der Waals surface area contributed by atoms with Crippen LogP contribution in [-0.2, 0) is 16.6 Å². The minimum Gasteiger partial charge on any atom is -0.383 e. The summed E-state index contributed by atoms with van der Waals surface area (Å²) in [7, 11) is -3.62. The summed E-state index contributed by atoms with van der Waals surface area (Å²) in [6, 6.07) is 3.39. The second kappa shape index (κ2) is 6.49. The fraction of sp³-hybridized carbons (Fsp3) is 0.333. The van der Waals surface area contributed by atoms with Crippen LogP contribution in [-0.4, -0.2) is 36.0 Å². The van der Waals surface area contributed by atoms with Crippen molar-refractivity contribution in [2.24, 2.45) is 0 Å². The summed E-state index contributed by atoms with van der Waals surface area (Å²) in [4.78, 5) is 7.85. The summed E-state index contributed by atoms with van der Waals surface area (Å²) in [5, 5.41) is 3.01. The van der Waals surface area contributed by atoms with Crippen molar-refractivity contribution in [2.45, 2.75) is 18.5 Å². The zero-order valence-electron chi connectivity index (χ0n) is 11.2. The first-order valence-corrected chi connectivity index (χ1v) is 7.76. The Bertz CT molecular complexity index is 640. The number of hydrogen-bond donors (Lipinski definition) is 2. The van der Waals surface area contributed by atoms with Gasteiger partial charge in [-0.3, -0.25) is 0 Å². The third-order valence-corrected chi connectivity index (χ3v) is 4.03. The Kier molecular flexibility index (Phi) is 4.70. The van der Waals surface area contributed by atoms with Crippen LogP contribution >= 0.6 is 0 Å². The lowest BCUT2D eigenvalue weighted by molar-refractivity contribution is 0.569. The molecular weight excluding hydrogens is 278 g/mol. The van der Waals surface area contributed by atoms with Gasteiger partial charge in [0.2, 0.25) is 0 Å². The Hall–Kier alpha value is -1.93. The summed E-state index contributed by atoms with van der Waals surface area (Å²) >= 11 is 0. The molecule has 0 amide bonds. The Morgan fingerprint density at radius 2 is 2.20 bits per heavy atom. The molecule has 108 valence electrons. The van der Waals surface area contributed by atoms with Crippen molar-refractivity contribution < 1.29 is 8.42 Å². The largest absolute Gasteiger partial charge is 0.383 e. The third-order valence-electron chi connectivity index (χ3n) is 2.61. The first-order valence-electron chi connectivity index (χ1n) is 6.28. The molecule has 0 unspecified atom stereocenters. The van der Waals surface area contributed by atoms with Gasteiger partial charge < -0.3 is 9.88 Å². The van der Waals surface area contributed by atoms with Gasteiger partial charge in [0.05, 0.1) is 12.0 Å². The van der Waals surface area contributed by atoms with E-state index in [1.165, 1.54) is 6.20 Å². The second-order valence-corrected chi connectivity index (χ2v) is 5.77. The molecule has 0 aromatic carbocycles. The summed E-state index contributed by atoms with van der Waals surface area (Å²) < 4.78 is 28.8. The van der Waals surface area contributed by atoms with Gasteiger partial charge in [-0.05, 0) is 19.1 Å². The van der Waals surface area contributed by atoms with Gasteiger partial charge in [0.15, 0.2) is 5.03 Å². The number of anilines is 1. The van der Waals surface area contributed by atoms with Crippen LogP contribution in [0.1, 0.15) is 6.92 Å². The Labute approximate surface area is 118 Å². The van der Waals surface area contributed by atoms with Crippen LogP contribution in [0.5, 0.6) is 0 Å². The van der Waals surface area contributed by atoms with Crippen LogP contribution in [0, 0.1) is 0 Å². The van der Waals surface area contributed by atoms with Gasteiger partial charge >= 0.3 is 0 Å². The minimum absolute atomic E-state index is 0.0208. The maximum Gasteiger partial charge on any atom is 0.260 e. The highest BCUT2D eigenvalue weighted by Crippen LogP contribution is 2.17. The number of rotatable bonds is 7. The first-order chi connectivity index (χ1) is 9.63. The molecule has 8 heteroatoms. The lowest BCUT2D eigenvalue weighted by Gasteiger charge is -2.11. The molecule has 0 spiro atoms. The predicted molar refractivity (Wildman–Crippen MR) is 75.8 cm³/mol. The molecule has 0 atom stereocenters. The molecule has 2 aromatic rings. The van der Waals surface area contributed by atoms with Crippen molar-refractivity contribution in [1.29, 1.82) is 0 Å². The standard InChI is InChI=1S/C12H17N5O2S/c1-2-14-11-4-3-5-15-12(11)20(18,19)16-7-9-17-8-6-13-10-17/h3-6,8,10,14,16H,2,7,9H2,1H3. The van der Waals surface area contributed by atoms with Crippen molar-refractivity contribution in [3.05, 3.63) is 37.1 Å². The average molecular weight is 295 g/mol. The molecule has 0 aliphatic carbocycles.